The second kappa shape index (κ2) is 5.22. The van der Waals surface area contributed by atoms with Crippen LogP contribution in [-0.2, 0) is 0 Å². The van der Waals surface area contributed by atoms with Crippen molar-refractivity contribution >= 4 is 50.6 Å². The number of benzene rings is 1. The second-order valence-corrected chi connectivity index (χ2v) is 5.34. The molecule has 0 spiro atoms. The van der Waals surface area contributed by atoms with E-state index in [2.05, 4.69) is 20.6 Å². The molecule has 0 radical (unpaired) electrons. The molecule has 0 saturated carbocycles. The molecular formula is C13H10ClFN4S. The average Bonchev–Trinajstić information content (AvgIpc) is 2.91. The summed E-state index contributed by atoms with van der Waals surface area (Å²) in [6, 6.07) is 6.46. The number of nitrogens with one attached hydrogen (secondary N) is 2. The van der Waals surface area contributed by atoms with Gasteiger partial charge in [0.1, 0.15) is 16.5 Å². The molecule has 1 aromatic carbocycles. The van der Waals surface area contributed by atoms with E-state index < -0.39 is 5.82 Å². The van der Waals surface area contributed by atoms with Crippen LogP contribution in [0.3, 0.4) is 0 Å². The fraction of sp³-hybridized carbons (Fsp3) is 0.0769. The lowest BCUT2D eigenvalue weighted by Gasteiger charge is -2.09. The van der Waals surface area contributed by atoms with Gasteiger partial charge in [-0.1, -0.05) is 11.6 Å². The van der Waals surface area contributed by atoms with E-state index in [1.807, 2.05) is 11.4 Å². The summed E-state index contributed by atoms with van der Waals surface area (Å²) in [5.74, 6) is 0.667. The fourth-order valence-electron chi connectivity index (χ4n) is 1.77. The van der Waals surface area contributed by atoms with Gasteiger partial charge in [-0.25, -0.2) is 9.37 Å². The number of thiophene rings is 1. The molecule has 0 aliphatic carbocycles. The Hall–Kier alpha value is -1.92. The zero-order valence-electron chi connectivity index (χ0n) is 10.4. The maximum absolute atomic E-state index is 13.5. The van der Waals surface area contributed by atoms with Gasteiger partial charge in [-0.2, -0.15) is 4.98 Å². The van der Waals surface area contributed by atoms with Gasteiger partial charge >= 0.3 is 0 Å². The van der Waals surface area contributed by atoms with Crippen LogP contribution >= 0.6 is 22.9 Å². The molecule has 20 heavy (non-hydrogen) atoms. The van der Waals surface area contributed by atoms with Gasteiger partial charge in [-0.15, -0.1) is 11.3 Å². The molecule has 4 nitrogen and oxygen atoms in total. The molecule has 2 heterocycles. The molecule has 7 heteroatoms. The lowest BCUT2D eigenvalue weighted by Crippen LogP contribution is -2.01. The van der Waals surface area contributed by atoms with Gasteiger partial charge in [0.05, 0.1) is 10.4 Å². The van der Waals surface area contributed by atoms with Crippen LogP contribution in [0.25, 0.3) is 10.2 Å². The number of halogens is 2. The molecule has 0 amide bonds. The van der Waals surface area contributed by atoms with Crippen LogP contribution in [0.2, 0.25) is 5.02 Å². The van der Waals surface area contributed by atoms with E-state index in [1.54, 1.807) is 13.1 Å². The summed E-state index contributed by atoms with van der Waals surface area (Å²) in [6.07, 6.45) is 0. The van der Waals surface area contributed by atoms with Crippen molar-refractivity contribution < 1.29 is 4.39 Å². The van der Waals surface area contributed by atoms with Gasteiger partial charge < -0.3 is 10.6 Å². The second-order valence-electron chi connectivity index (χ2n) is 4.04. The molecule has 0 saturated heterocycles. The van der Waals surface area contributed by atoms with Crippen LogP contribution in [0.5, 0.6) is 0 Å². The van der Waals surface area contributed by atoms with Crippen molar-refractivity contribution in [2.45, 2.75) is 0 Å². The minimum atomic E-state index is -0.471. The van der Waals surface area contributed by atoms with E-state index in [9.17, 15) is 4.39 Å². The van der Waals surface area contributed by atoms with Gasteiger partial charge in [-0.05, 0) is 29.6 Å². The number of aromatic nitrogens is 2. The minimum absolute atomic E-state index is 0.0924. The number of rotatable bonds is 3. The third kappa shape index (κ3) is 2.39. The first kappa shape index (κ1) is 13.1. The molecule has 2 aromatic heterocycles. The lowest BCUT2D eigenvalue weighted by molar-refractivity contribution is 0.629. The zero-order chi connectivity index (χ0) is 14.1. The van der Waals surface area contributed by atoms with Crippen molar-refractivity contribution in [2.75, 3.05) is 17.7 Å². The highest BCUT2D eigenvalue weighted by Crippen LogP contribution is 2.29. The average molecular weight is 309 g/mol. The Morgan fingerprint density at radius 2 is 2.10 bits per heavy atom. The molecule has 102 valence electrons. The van der Waals surface area contributed by atoms with E-state index in [0.29, 0.717) is 17.5 Å². The topological polar surface area (TPSA) is 49.8 Å². The molecule has 0 bridgehead atoms. The number of anilines is 3. The summed E-state index contributed by atoms with van der Waals surface area (Å²) in [5.41, 5.74) is 0.583. The van der Waals surface area contributed by atoms with Crippen LogP contribution in [0.1, 0.15) is 0 Å². The van der Waals surface area contributed by atoms with Crippen LogP contribution in [0.4, 0.5) is 21.8 Å². The first-order chi connectivity index (χ1) is 9.67. The van der Waals surface area contributed by atoms with Gasteiger partial charge in [0.15, 0.2) is 0 Å². The molecule has 0 aliphatic heterocycles. The maximum atomic E-state index is 13.5. The molecule has 0 fully saturated rings. The Bertz CT molecular complexity index is 774. The van der Waals surface area contributed by atoms with Crippen LogP contribution < -0.4 is 10.6 Å². The number of nitrogens with zero attached hydrogens (tertiary/aromatic N) is 2. The molecule has 0 atom stereocenters. The van der Waals surface area contributed by atoms with Gasteiger partial charge in [0.25, 0.3) is 0 Å². The van der Waals surface area contributed by atoms with Crippen molar-refractivity contribution in [2.24, 2.45) is 0 Å². The summed E-state index contributed by atoms with van der Waals surface area (Å²) in [4.78, 5) is 9.57. The summed E-state index contributed by atoms with van der Waals surface area (Å²) >= 11 is 7.19. The molecule has 3 rings (SSSR count). The highest BCUT2D eigenvalue weighted by atomic mass is 35.5. The van der Waals surface area contributed by atoms with E-state index in [0.717, 1.165) is 10.2 Å². The summed E-state index contributed by atoms with van der Waals surface area (Å²) < 4.78 is 13.5. The largest absolute Gasteiger partial charge is 0.357 e. The number of hydrogen-bond donors (Lipinski definition) is 2. The Morgan fingerprint density at radius 3 is 2.85 bits per heavy atom. The monoisotopic (exact) mass is 308 g/mol. The molecule has 0 unspecified atom stereocenters. The molecule has 0 aliphatic rings. The standard InChI is InChI=1S/C13H10ClFN4S/c1-16-13-18-11(8-4-5-20-12(8)19-13)17-7-2-3-9(14)10(15)6-7/h2-6H,1H3,(H2,16,17,18,19). The highest BCUT2D eigenvalue weighted by molar-refractivity contribution is 7.16. The SMILES string of the molecule is CNc1nc(Nc2ccc(Cl)c(F)c2)c2ccsc2n1. The third-order valence-electron chi connectivity index (χ3n) is 2.73. The first-order valence-corrected chi connectivity index (χ1v) is 7.08. The van der Waals surface area contributed by atoms with Gasteiger partial charge in [0, 0.05) is 12.7 Å². The smallest absolute Gasteiger partial charge is 0.225 e. The first-order valence-electron chi connectivity index (χ1n) is 5.82. The van der Waals surface area contributed by atoms with E-state index in [-0.39, 0.29) is 5.02 Å². The number of hydrogen-bond acceptors (Lipinski definition) is 5. The van der Waals surface area contributed by atoms with Crippen LogP contribution in [-0.4, -0.2) is 17.0 Å². The lowest BCUT2D eigenvalue weighted by atomic mass is 10.3. The Labute approximate surface area is 123 Å². The summed E-state index contributed by atoms with van der Waals surface area (Å²) in [6.45, 7) is 0. The van der Waals surface area contributed by atoms with E-state index in [4.69, 9.17) is 11.6 Å². The Balaban J connectivity index is 2.04. The summed E-state index contributed by atoms with van der Waals surface area (Å²) in [5, 5.41) is 8.92. The molecule has 3 aromatic rings. The number of fused-ring (bicyclic) bond motifs is 1. The molecule has 2 N–H and O–H groups in total. The van der Waals surface area contributed by atoms with Crippen molar-refractivity contribution in [3.05, 3.63) is 40.5 Å². The minimum Gasteiger partial charge on any atom is -0.357 e. The highest BCUT2D eigenvalue weighted by Gasteiger charge is 2.09. The zero-order valence-corrected chi connectivity index (χ0v) is 12.0. The van der Waals surface area contributed by atoms with Crippen molar-refractivity contribution in [3.8, 4) is 0 Å². The predicted octanol–water partition coefficient (Wildman–Crippen LogP) is 4.27. The van der Waals surface area contributed by atoms with E-state index in [1.165, 1.54) is 23.5 Å². The third-order valence-corrected chi connectivity index (χ3v) is 3.84. The quantitative estimate of drug-likeness (QED) is 0.758. The maximum Gasteiger partial charge on any atom is 0.225 e. The van der Waals surface area contributed by atoms with Gasteiger partial charge in [0.2, 0.25) is 5.95 Å². The van der Waals surface area contributed by atoms with Crippen LogP contribution in [0.15, 0.2) is 29.6 Å². The Kier molecular flexibility index (Phi) is 3.42. The normalized spacial score (nSPS) is 10.8. The van der Waals surface area contributed by atoms with Crippen molar-refractivity contribution in [3.63, 3.8) is 0 Å². The predicted molar refractivity (Wildman–Crippen MR) is 81.7 cm³/mol. The van der Waals surface area contributed by atoms with Crippen LogP contribution in [0, 0.1) is 5.82 Å². The molecular weight excluding hydrogens is 299 g/mol. The Morgan fingerprint density at radius 1 is 1.25 bits per heavy atom. The summed E-state index contributed by atoms with van der Waals surface area (Å²) in [7, 11) is 1.75. The van der Waals surface area contributed by atoms with Crippen molar-refractivity contribution in [1.82, 2.24) is 9.97 Å². The van der Waals surface area contributed by atoms with Gasteiger partial charge in [-0.3, -0.25) is 0 Å². The van der Waals surface area contributed by atoms with Crippen molar-refractivity contribution in [1.29, 1.82) is 0 Å². The van der Waals surface area contributed by atoms with E-state index >= 15 is 0 Å². The fourth-order valence-corrected chi connectivity index (χ4v) is 2.65.